The van der Waals surface area contributed by atoms with Crippen LogP contribution < -0.4 is 5.32 Å². The standard InChI is InChI=1S/C14H13BrClN/c1-17-14-11(6-4-7-12(14)15)9-10-5-2-3-8-13(10)16/h2-8,17H,9H2,1H3. The minimum atomic E-state index is 0.814. The molecule has 1 N–H and O–H groups in total. The van der Waals surface area contributed by atoms with Crippen LogP contribution in [0.15, 0.2) is 46.9 Å². The second-order valence-corrected chi connectivity index (χ2v) is 5.05. The molecule has 0 saturated heterocycles. The molecule has 0 aromatic heterocycles. The Morgan fingerprint density at radius 3 is 2.47 bits per heavy atom. The van der Waals surface area contributed by atoms with Gasteiger partial charge in [0.1, 0.15) is 0 Å². The van der Waals surface area contributed by atoms with Crippen molar-refractivity contribution >= 4 is 33.2 Å². The first kappa shape index (κ1) is 12.5. The van der Waals surface area contributed by atoms with Gasteiger partial charge in [0.2, 0.25) is 0 Å². The van der Waals surface area contributed by atoms with E-state index in [1.165, 1.54) is 5.56 Å². The fraction of sp³-hybridized carbons (Fsp3) is 0.143. The highest BCUT2D eigenvalue weighted by Gasteiger charge is 2.07. The van der Waals surface area contributed by atoms with E-state index < -0.39 is 0 Å². The summed E-state index contributed by atoms with van der Waals surface area (Å²) >= 11 is 9.72. The van der Waals surface area contributed by atoms with E-state index in [0.29, 0.717) is 0 Å². The summed E-state index contributed by atoms with van der Waals surface area (Å²) < 4.78 is 1.07. The molecule has 3 heteroatoms. The van der Waals surface area contributed by atoms with E-state index in [-0.39, 0.29) is 0 Å². The van der Waals surface area contributed by atoms with Crippen molar-refractivity contribution in [2.24, 2.45) is 0 Å². The lowest BCUT2D eigenvalue weighted by Crippen LogP contribution is -1.98. The molecule has 2 rings (SSSR count). The summed E-state index contributed by atoms with van der Waals surface area (Å²) in [6, 6.07) is 14.1. The smallest absolute Gasteiger partial charge is 0.0517 e. The summed E-state index contributed by atoms with van der Waals surface area (Å²) in [4.78, 5) is 0. The number of nitrogens with one attached hydrogen (secondary N) is 1. The highest BCUT2D eigenvalue weighted by Crippen LogP contribution is 2.29. The van der Waals surface area contributed by atoms with E-state index in [4.69, 9.17) is 11.6 Å². The van der Waals surface area contributed by atoms with Gasteiger partial charge in [0.05, 0.1) is 5.69 Å². The van der Waals surface area contributed by atoms with Crippen molar-refractivity contribution in [3.8, 4) is 0 Å². The van der Waals surface area contributed by atoms with Crippen LogP contribution in [0.2, 0.25) is 5.02 Å². The van der Waals surface area contributed by atoms with Gasteiger partial charge in [-0.3, -0.25) is 0 Å². The molecule has 0 bridgehead atoms. The molecule has 2 aromatic rings. The monoisotopic (exact) mass is 309 g/mol. The maximum absolute atomic E-state index is 6.18. The molecule has 88 valence electrons. The van der Waals surface area contributed by atoms with Gasteiger partial charge in [-0.05, 0) is 39.2 Å². The largest absolute Gasteiger partial charge is 0.387 e. The molecule has 0 amide bonds. The Balaban J connectivity index is 2.37. The quantitative estimate of drug-likeness (QED) is 0.864. The number of benzene rings is 2. The number of hydrogen-bond donors (Lipinski definition) is 1. The Bertz CT molecular complexity index is 525. The lowest BCUT2D eigenvalue weighted by atomic mass is 10.0. The minimum Gasteiger partial charge on any atom is -0.387 e. The van der Waals surface area contributed by atoms with E-state index in [0.717, 1.165) is 27.2 Å². The summed E-state index contributed by atoms with van der Waals surface area (Å²) in [6.07, 6.45) is 0.829. The lowest BCUT2D eigenvalue weighted by molar-refractivity contribution is 1.18. The maximum Gasteiger partial charge on any atom is 0.0517 e. The maximum atomic E-state index is 6.18. The fourth-order valence-corrected chi connectivity index (χ4v) is 2.65. The predicted octanol–water partition coefficient (Wildman–Crippen LogP) is 4.74. The second-order valence-electron chi connectivity index (χ2n) is 3.79. The summed E-state index contributed by atoms with van der Waals surface area (Å²) in [5, 5.41) is 4.03. The lowest BCUT2D eigenvalue weighted by Gasteiger charge is -2.11. The summed E-state index contributed by atoms with van der Waals surface area (Å²) in [6.45, 7) is 0. The van der Waals surface area contributed by atoms with E-state index in [1.54, 1.807) is 0 Å². The third-order valence-corrected chi connectivity index (χ3v) is 3.72. The zero-order chi connectivity index (χ0) is 12.3. The number of para-hydroxylation sites is 1. The Hall–Kier alpha value is -0.990. The molecule has 17 heavy (non-hydrogen) atoms. The molecule has 0 unspecified atom stereocenters. The first-order valence-electron chi connectivity index (χ1n) is 5.41. The van der Waals surface area contributed by atoms with Crippen molar-refractivity contribution in [3.63, 3.8) is 0 Å². The molecule has 0 aliphatic heterocycles. The van der Waals surface area contributed by atoms with Crippen molar-refractivity contribution in [1.82, 2.24) is 0 Å². The predicted molar refractivity (Wildman–Crippen MR) is 77.9 cm³/mol. The van der Waals surface area contributed by atoms with Crippen LogP contribution in [0.1, 0.15) is 11.1 Å². The number of halogens is 2. The van der Waals surface area contributed by atoms with Crippen LogP contribution in [-0.4, -0.2) is 7.05 Å². The topological polar surface area (TPSA) is 12.0 Å². The van der Waals surface area contributed by atoms with Crippen LogP contribution >= 0.6 is 27.5 Å². The summed E-state index contributed by atoms with van der Waals surface area (Å²) in [5.74, 6) is 0. The molecule has 0 heterocycles. The van der Waals surface area contributed by atoms with E-state index in [9.17, 15) is 0 Å². The van der Waals surface area contributed by atoms with Gasteiger partial charge in [-0.25, -0.2) is 0 Å². The Kier molecular flexibility index (Phi) is 4.08. The van der Waals surface area contributed by atoms with Crippen LogP contribution in [-0.2, 0) is 6.42 Å². The summed E-state index contributed by atoms with van der Waals surface area (Å²) in [7, 11) is 1.93. The van der Waals surface area contributed by atoms with E-state index >= 15 is 0 Å². The van der Waals surface area contributed by atoms with Crippen LogP contribution in [0.4, 0.5) is 5.69 Å². The first-order chi connectivity index (χ1) is 8.22. The molecule has 2 aromatic carbocycles. The molecule has 0 aliphatic rings. The molecule has 0 aliphatic carbocycles. The third-order valence-electron chi connectivity index (χ3n) is 2.69. The number of rotatable bonds is 3. The van der Waals surface area contributed by atoms with Crippen molar-refractivity contribution in [2.75, 3.05) is 12.4 Å². The molecule has 0 saturated carbocycles. The van der Waals surface area contributed by atoms with Gasteiger partial charge in [-0.15, -0.1) is 0 Å². The number of anilines is 1. The molecular weight excluding hydrogens is 298 g/mol. The fourth-order valence-electron chi connectivity index (χ4n) is 1.84. The molecule has 1 nitrogen and oxygen atoms in total. The van der Waals surface area contributed by atoms with E-state index in [2.05, 4.69) is 33.4 Å². The highest BCUT2D eigenvalue weighted by atomic mass is 79.9. The zero-order valence-corrected chi connectivity index (χ0v) is 11.8. The van der Waals surface area contributed by atoms with Gasteiger partial charge < -0.3 is 5.32 Å². The summed E-state index contributed by atoms with van der Waals surface area (Å²) in [5.41, 5.74) is 3.49. The van der Waals surface area contributed by atoms with E-state index in [1.807, 2.05) is 37.4 Å². The Labute approximate surface area is 115 Å². The van der Waals surface area contributed by atoms with Crippen LogP contribution in [0, 0.1) is 0 Å². The Morgan fingerprint density at radius 2 is 1.76 bits per heavy atom. The third kappa shape index (κ3) is 2.82. The average molecular weight is 311 g/mol. The van der Waals surface area contributed by atoms with Gasteiger partial charge in [0.15, 0.2) is 0 Å². The Morgan fingerprint density at radius 1 is 1.06 bits per heavy atom. The molecule has 0 atom stereocenters. The molecule has 0 fully saturated rings. The highest BCUT2D eigenvalue weighted by molar-refractivity contribution is 9.10. The van der Waals surface area contributed by atoms with Gasteiger partial charge in [-0.1, -0.05) is 41.9 Å². The van der Waals surface area contributed by atoms with Gasteiger partial charge >= 0.3 is 0 Å². The number of hydrogen-bond acceptors (Lipinski definition) is 1. The second kappa shape index (κ2) is 5.56. The van der Waals surface area contributed by atoms with Gasteiger partial charge in [0.25, 0.3) is 0 Å². The average Bonchev–Trinajstić information content (AvgIpc) is 2.32. The molecular formula is C14H13BrClN. The van der Waals surface area contributed by atoms with Crippen molar-refractivity contribution < 1.29 is 0 Å². The zero-order valence-electron chi connectivity index (χ0n) is 9.50. The van der Waals surface area contributed by atoms with Gasteiger partial charge in [-0.2, -0.15) is 0 Å². The first-order valence-corrected chi connectivity index (χ1v) is 6.58. The van der Waals surface area contributed by atoms with Crippen molar-refractivity contribution in [2.45, 2.75) is 6.42 Å². The van der Waals surface area contributed by atoms with Crippen LogP contribution in [0.3, 0.4) is 0 Å². The minimum absolute atomic E-state index is 0.814. The van der Waals surface area contributed by atoms with Crippen LogP contribution in [0.5, 0.6) is 0 Å². The van der Waals surface area contributed by atoms with Crippen LogP contribution in [0.25, 0.3) is 0 Å². The molecule has 0 spiro atoms. The molecule has 0 radical (unpaired) electrons. The van der Waals surface area contributed by atoms with Gasteiger partial charge in [0, 0.05) is 23.0 Å². The SMILES string of the molecule is CNc1c(Br)cccc1Cc1ccccc1Cl. The normalized spacial score (nSPS) is 10.3. The van der Waals surface area contributed by atoms with Crippen molar-refractivity contribution in [3.05, 3.63) is 63.1 Å². The van der Waals surface area contributed by atoms with Crippen molar-refractivity contribution in [1.29, 1.82) is 0 Å².